The Morgan fingerprint density at radius 1 is 1.40 bits per heavy atom. The van der Waals surface area contributed by atoms with Crippen LogP contribution in [-0.2, 0) is 11.3 Å². The van der Waals surface area contributed by atoms with E-state index in [0.717, 1.165) is 4.57 Å². The van der Waals surface area contributed by atoms with Crippen LogP contribution in [0, 0.1) is 18.3 Å². The molecule has 7 nitrogen and oxygen atoms in total. The van der Waals surface area contributed by atoms with Crippen LogP contribution in [0.2, 0.25) is 5.02 Å². The molecule has 0 unspecified atom stereocenters. The SMILES string of the molecule is COCCCn1c(O)c(/N=N/c2cccc(Cl)c2)c(C)c(C#N)c1=O. The van der Waals surface area contributed by atoms with Crippen molar-refractivity contribution in [3.8, 4) is 11.9 Å². The van der Waals surface area contributed by atoms with E-state index in [2.05, 4.69) is 10.2 Å². The molecule has 0 atom stereocenters. The molecule has 130 valence electrons. The number of pyridine rings is 1. The van der Waals surface area contributed by atoms with Crippen molar-refractivity contribution in [1.82, 2.24) is 4.57 Å². The van der Waals surface area contributed by atoms with Gasteiger partial charge in [0, 0.05) is 30.8 Å². The first-order valence-electron chi connectivity index (χ1n) is 7.52. The second-order valence-corrected chi connectivity index (χ2v) is 5.70. The number of nitriles is 1. The third-order valence-electron chi connectivity index (χ3n) is 3.57. The molecule has 1 N–H and O–H groups in total. The normalized spacial score (nSPS) is 11.0. The zero-order chi connectivity index (χ0) is 18.4. The highest BCUT2D eigenvalue weighted by molar-refractivity contribution is 6.30. The van der Waals surface area contributed by atoms with E-state index in [0.29, 0.717) is 23.7 Å². The summed E-state index contributed by atoms with van der Waals surface area (Å²) in [6, 6.07) is 8.59. The van der Waals surface area contributed by atoms with Crippen molar-refractivity contribution in [2.45, 2.75) is 19.9 Å². The van der Waals surface area contributed by atoms with E-state index in [1.807, 2.05) is 6.07 Å². The summed E-state index contributed by atoms with van der Waals surface area (Å²) in [6.45, 7) is 2.17. The van der Waals surface area contributed by atoms with E-state index < -0.39 is 5.56 Å². The number of aromatic hydroxyl groups is 1. The van der Waals surface area contributed by atoms with Gasteiger partial charge < -0.3 is 9.84 Å². The van der Waals surface area contributed by atoms with Gasteiger partial charge in [-0.25, -0.2) is 0 Å². The molecule has 0 saturated carbocycles. The summed E-state index contributed by atoms with van der Waals surface area (Å²) in [5.74, 6) is -0.330. The summed E-state index contributed by atoms with van der Waals surface area (Å²) in [5, 5.41) is 28.3. The zero-order valence-corrected chi connectivity index (χ0v) is 14.6. The van der Waals surface area contributed by atoms with Gasteiger partial charge in [0.25, 0.3) is 5.56 Å². The second kappa shape index (κ2) is 8.42. The molecule has 0 aliphatic heterocycles. The van der Waals surface area contributed by atoms with Gasteiger partial charge in [-0.1, -0.05) is 17.7 Å². The van der Waals surface area contributed by atoms with Crippen LogP contribution >= 0.6 is 11.6 Å². The van der Waals surface area contributed by atoms with Crippen LogP contribution in [0.25, 0.3) is 0 Å². The van der Waals surface area contributed by atoms with Crippen molar-refractivity contribution in [3.63, 3.8) is 0 Å². The maximum absolute atomic E-state index is 12.4. The van der Waals surface area contributed by atoms with Crippen LogP contribution in [0.15, 0.2) is 39.3 Å². The Bertz CT molecular complexity index is 900. The van der Waals surface area contributed by atoms with Gasteiger partial charge in [0.1, 0.15) is 11.6 Å². The number of aromatic nitrogens is 1. The first kappa shape index (κ1) is 18.6. The summed E-state index contributed by atoms with van der Waals surface area (Å²) < 4.78 is 6.06. The van der Waals surface area contributed by atoms with E-state index in [1.54, 1.807) is 38.3 Å². The second-order valence-electron chi connectivity index (χ2n) is 5.27. The lowest BCUT2D eigenvalue weighted by molar-refractivity contribution is 0.188. The predicted octanol–water partition coefficient (Wildman–Crippen LogP) is 3.84. The summed E-state index contributed by atoms with van der Waals surface area (Å²) in [4.78, 5) is 12.4. The van der Waals surface area contributed by atoms with Crippen molar-refractivity contribution in [1.29, 1.82) is 5.26 Å². The van der Waals surface area contributed by atoms with E-state index >= 15 is 0 Å². The molecule has 0 aliphatic rings. The smallest absolute Gasteiger partial charge is 0.271 e. The van der Waals surface area contributed by atoms with E-state index in [1.165, 1.54) is 0 Å². The fourth-order valence-electron chi connectivity index (χ4n) is 2.28. The van der Waals surface area contributed by atoms with Gasteiger partial charge in [-0.15, -0.1) is 5.11 Å². The molecule has 1 aromatic heterocycles. The Hall–Kier alpha value is -2.69. The average Bonchev–Trinajstić information content (AvgIpc) is 2.58. The lowest BCUT2D eigenvalue weighted by Gasteiger charge is -2.12. The largest absolute Gasteiger partial charge is 0.493 e. The van der Waals surface area contributed by atoms with E-state index in [4.69, 9.17) is 16.3 Å². The minimum absolute atomic E-state index is 0.0738. The lowest BCUT2D eigenvalue weighted by Crippen LogP contribution is -2.24. The predicted molar refractivity (Wildman–Crippen MR) is 93.9 cm³/mol. The maximum atomic E-state index is 12.4. The molecule has 0 amide bonds. The van der Waals surface area contributed by atoms with E-state index in [-0.39, 0.29) is 29.2 Å². The Morgan fingerprint density at radius 3 is 2.80 bits per heavy atom. The lowest BCUT2D eigenvalue weighted by atomic mass is 10.1. The number of azo groups is 1. The first-order valence-corrected chi connectivity index (χ1v) is 7.90. The molecule has 8 heteroatoms. The minimum atomic E-state index is -0.560. The number of benzene rings is 1. The molecule has 0 bridgehead atoms. The van der Waals surface area contributed by atoms with Crippen molar-refractivity contribution >= 4 is 23.0 Å². The topological polar surface area (TPSA) is 100.0 Å². The van der Waals surface area contributed by atoms with Crippen LogP contribution in [0.1, 0.15) is 17.5 Å². The van der Waals surface area contributed by atoms with Crippen molar-refractivity contribution in [3.05, 3.63) is 50.8 Å². The standard InChI is InChI=1S/C17H17ClN4O3/c1-11-14(10-19)16(23)22(7-4-8-25-2)17(24)15(11)21-20-13-6-3-5-12(18)9-13/h3,5-6,9,24H,4,7-8H2,1-2H3/b21-20+. The quantitative estimate of drug-likeness (QED) is 0.624. The molecule has 0 aliphatic carbocycles. The average molecular weight is 361 g/mol. The molecule has 25 heavy (non-hydrogen) atoms. The number of methoxy groups -OCH3 is 1. The molecule has 1 aromatic carbocycles. The number of nitrogens with zero attached hydrogens (tertiary/aromatic N) is 4. The molecular formula is C17H17ClN4O3. The Morgan fingerprint density at radius 2 is 2.16 bits per heavy atom. The van der Waals surface area contributed by atoms with Gasteiger partial charge in [0.05, 0.1) is 5.69 Å². The molecular weight excluding hydrogens is 344 g/mol. The minimum Gasteiger partial charge on any atom is -0.493 e. The Balaban J connectivity index is 2.51. The van der Waals surface area contributed by atoms with Gasteiger partial charge in [-0.3, -0.25) is 9.36 Å². The first-order chi connectivity index (χ1) is 12.0. The van der Waals surface area contributed by atoms with Crippen LogP contribution in [0.4, 0.5) is 11.4 Å². The molecule has 0 spiro atoms. The Labute approximate surface area is 149 Å². The van der Waals surface area contributed by atoms with Crippen molar-refractivity contribution < 1.29 is 9.84 Å². The fraction of sp³-hybridized carbons (Fsp3) is 0.294. The maximum Gasteiger partial charge on any atom is 0.271 e. The van der Waals surface area contributed by atoms with Gasteiger partial charge in [0.15, 0.2) is 5.69 Å². The molecule has 1 heterocycles. The number of rotatable bonds is 6. The molecule has 0 radical (unpaired) electrons. The number of hydrogen-bond donors (Lipinski definition) is 1. The van der Waals surface area contributed by atoms with E-state index in [9.17, 15) is 15.2 Å². The highest BCUT2D eigenvalue weighted by Crippen LogP contribution is 2.32. The van der Waals surface area contributed by atoms with Crippen molar-refractivity contribution in [2.24, 2.45) is 10.2 Å². The molecule has 0 fully saturated rings. The monoisotopic (exact) mass is 360 g/mol. The summed E-state index contributed by atoms with van der Waals surface area (Å²) >= 11 is 5.90. The number of ether oxygens (including phenoxy) is 1. The van der Waals surface area contributed by atoms with Gasteiger partial charge >= 0.3 is 0 Å². The van der Waals surface area contributed by atoms with Crippen LogP contribution in [0.5, 0.6) is 5.88 Å². The van der Waals surface area contributed by atoms with Crippen LogP contribution in [-0.4, -0.2) is 23.4 Å². The third kappa shape index (κ3) is 4.24. The highest BCUT2D eigenvalue weighted by atomic mass is 35.5. The summed E-state index contributed by atoms with van der Waals surface area (Å²) in [5.41, 5.74) is 0.208. The zero-order valence-electron chi connectivity index (χ0n) is 13.9. The van der Waals surface area contributed by atoms with Gasteiger partial charge in [0.2, 0.25) is 5.88 Å². The fourth-order valence-corrected chi connectivity index (χ4v) is 2.46. The summed E-state index contributed by atoms with van der Waals surface area (Å²) in [7, 11) is 1.54. The number of halogens is 1. The molecule has 2 rings (SSSR count). The summed E-state index contributed by atoms with van der Waals surface area (Å²) in [6.07, 6.45) is 0.503. The molecule has 2 aromatic rings. The van der Waals surface area contributed by atoms with Gasteiger partial charge in [-0.2, -0.15) is 10.4 Å². The highest BCUT2D eigenvalue weighted by Gasteiger charge is 2.19. The van der Waals surface area contributed by atoms with Crippen LogP contribution in [0.3, 0.4) is 0 Å². The van der Waals surface area contributed by atoms with Crippen LogP contribution < -0.4 is 5.56 Å². The van der Waals surface area contributed by atoms with Gasteiger partial charge in [-0.05, 0) is 31.5 Å². The third-order valence-corrected chi connectivity index (χ3v) is 3.81. The Kier molecular flexibility index (Phi) is 6.28. The van der Waals surface area contributed by atoms with Crippen molar-refractivity contribution in [2.75, 3.05) is 13.7 Å². The molecule has 0 saturated heterocycles. The number of hydrogen-bond acceptors (Lipinski definition) is 6.